The fourth-order valence-corrected chi connectivity index (χ4v) is 12.4. The molecule has 28 heavy (non-hydrogen) atoms. The Kier molecular flexibility index (Phi) is 6.40. The maximum Gasteiger partial charge on any atom is 0.258 e. The zero-order chi connectivity index (χ0) is 20.6. The van der Waals surface area contributed by atoms with Gasteiger partial charge in [0.1, 0.15) is 5.75 Å². The van der Waals surface area contributed by atoms with Gasteiger partial charge in [-0.3, -0.25) is 0 Å². The summed E-state index contributed by atoms with van der Waals surface area (Å²) >= 11 is 3.67. The van der Waals surface area contributed by atoms with E-state index < -0.39 is 19.1 Å². The van der Waals surface area contributed by atoms with Crippen molar-refractivity contribution in [2.24, 2.45) is 0 Å². The van der Waals surface area contributed by atoms with Gasteiger partial charge < -0.3 is 8.98 Å². The number of hydrogen-bond acceptors (Lipinski definition) is 2. The van der Waals surface area contributed by atoms with Gasteiger partial charge in [0.25, 0.3) is 8.32 Å². The SMILES string of the molecule is CC(C)[Si](Oc1ccc(-c2c(Br)c3ccccc3[s+]2[O-])cc1)(C(C)C)C(C)C. The zero-order valence-corrected chi connectivity index (χ0v) is 20.9. The fraction of sp³-hybridized carbons (Fsp3) is 0.391. The lowest BCUT2D eigenvalue weighted by molar-refractivity contribution is 0.480. The quantitative estimate of drug-likeness (QED) is 0.263. The summed E-state index contributed by atoms with van der Waals surface area (Å²) in [5.74, 6) is 0.921. The number of benzene rings is 2. The lowest BCUT2D eigenvalue weighted by Gasteiger charge is -2.42. The second kappa shape index (κ2) is 8.31. The molecule has 0 spiro atoms. The van der Waals surface area contributed by atoms with E-state index in [1.165, 1.54) is 0 Å². The Morgan fingerprint density at radius 3 is 1.89 bits per heavy atom. The van der Waals surface area contributed by atoms with Gasteiger partial charge in [0.2, 0.25) is 0 Å². The van der Waals surface area contributed by atoms with Gasteiger partial charge >= 0.3 is 0 Å². The van der Waals surface area contributed by atoms with Crippen LogP contribution in [-0.2, 0) is 0 Å². The molecule has 0 fully saturated rings. The number of hydrogen-bond donors (Lipinski definition) is 0. The molecule has 150 valence electrons. The fourth-order valence-electron chi connectivity index (χ4n) is 4.59. The minimum absolute atomic E-state index is 0.529. The molecule has 0 amide bonds. The molecule has 0 radical (unpaired) electrons. The molecule has 1 heterocycles. The summed E-state index contributed by atoms with van der Waals surface area (Å²) in [4.78, 5) is 0.841. The maximum atomic E-state index is 13.0. The topological polar surface area (TPSA) is 32.3 Å². The number of fused-ring (bicyclic) bond motifs is 1. The molecule has 1 aromatic heterocycles. The van der Waals surface area contributed by atoms with Gasteiger partial charge in [-0.2, -0.15) is 0 Å². The van der Waals surface area contributed by atoms with Crippen molar-refractivity contribution in [2.45, 2.75) is 58.2 Å². The molecule has 1 unspecified atom stereocenters. The number of rotatable bonds is 6. The molecule has 0 saturated heterocycles. The summed E-state index contributed by atoms with van der Waals surface area (Å²) in [5, 5.41) is 1.02. The van der Waals surface area contributed by atoms with E-state index in [-0.39, 0.29) is 0 Å². The highest BCUT2D eigenvalue weighted by Crippen LogP contribution is 2.48. The highest BCUT2D eigenvalue weighted by molar-refractivity contribution is 9.10. The van der Waals surface area contributed by atoms with Crippen LogP contribution in [0.15, 0.2) is 53.0 Å². The van der Waals surface area contributed by atoms with Gasteiger partial charge in [-0.05, 0) is 79.7 Å². The van der Waals surface area contributed by atoms with Crippen LogP contribution in [0.5, 0.6) is 5.75 Å². The Morgan fingerprint density at radius 2 is 1.39 bits per heavy atom. The first-order valence-corrected chi connectivity index (χ1v) is 14.0. The Morgan fingerprint density at radius 1 is 0.857 bits per heavy atom. The van der Waals surface area contributed by atoms with Crippen LogP contribution in [-0.4, -0.2) is 12.9 Å². The maximum absolute atomic E-state index is 13.0. The molecule has 0 saturated carbocycles. The molecule has 0 bridgehead atoms. The van der Waals surface area contributed by atoms with Crippen molar-refractivity contribution in [3.05, 3.63) is 53.0 Å². The minimum atomic E-state index is -1.98. The van der Waals surface area contributed by atoms with Crippen LogP contribution in [0.1, 0.15) is 41.5 Å². The summed E-state index contributed by atoms with van der Waals surface area (Å²) in [7, 11) is -3.14. The Labute approximate surface area is 181 Å². The van der Waals surface area contributed by atoms with Crippen molar-refractivity contribution < 1.29 is 8.98 Å². The number of halogens is 1. The highest BCUT2D eigenvalue weighted by atomic mass is 79.9. The van der Waals surface area contributed by atoms with Gasteiger partial charge in [-0.1, -0.05) is 53.7 Å². The molecule has 0 aliphatic heterocycles. The van der Waals surface area contributed by atoms with Crippen molar-refractivity contribution >= 4 is 45.1 Å². The molecular weight excluding hydrogens is 448 g/mol. The van der Waals surface area contributed by atoms with Gasteiger partial charge in [0.15, 0.2) is 9.58 Å². The van der Waals surface area contributed by atoms with Gasteiger partial charge in [0, 0.05) is 5.56 Å². The van der Waals surface area contributed by atoms with E-state index in [0.29, 0.717) is 16.6 Å². The van der Waals surface area contributed by atoms with Crippen LogP contribution in [0.25, 0.3) is 20.5 Å². The summed E-state index contributed by atoms with van der Waals surface area (Å²) in [6.45, 7) is 13.8. The molecule has 0 aliphatic carbocycles. The van der Waals surface area contributed by atoms with E-state index in [4.69, 9.17) is 4.43 Å². The van der Waals surface area contributed by atoms with Crippen LogP contribution in [0.4, 0.5) is 0 Å². The van der Waals surface area contributed by atoms with E-state index in [0.717, 1.165) is 30.7 Å². The molecule has 2 nitrogen and oxygen atoms in total. The predicted molar refractivity (Wildman–Crippen MR) is 127 cm³/mol. The average molecular weight is 478 g/mol. The van der Waals surface area contributed by atoms with Gasteiger partial charge in [0.05, 0.1) is 9.86 Å². The smallest absolute Gasteiger partial charge is 0.258 e. The van der Waals surface area contributed by atoms with E-state index in [1.807, 2.05) is 48.5 Å². The molecule has 2 aromatic carbocycles. The lowest BCUT2D eigenvalue weighted by atomic mass is 10.1. The molecule has 0 aliphatic rings. The van der Waals surface area contributed by atoms with E-state index in [9.17, 15) is 4.55 Å². The molecule has 1 atom stereocenters. The van der Waals surface area contributed by atoms with Crippen LogP contribution in [0.2, 0.25) is 16.6 Å². The molecular formula is C23H29BrO2SSi. The lowest BCUT2D eigenvalue weighted by Crippen LogP contribution is -2.50. The molecule has 5 heteroatoms. The van der Waals surface area contributed by atoms with E-state index >= 15 is 0 Å². The van der Waals surface area contributed by atoms with Gasteiger partial charge in [-0.15, -0.1) is 0 Å². The van der Waals surface area contributed by atoms with Crippen molar-refractivity contribution in [2.75, 3.05) is 0 Å². The normalized spacial score (nSPS) is 13.2. The van der Waals surface area contributed by atoms with Crippen molar-refractivity contribution in [1.82, 2.24) is 0 Å². The van der Waals surface area contributed by atoms with E-state index in [2.05, 4.69) is 57.5 Å². The number of thiophene rings is 1. The van der Waals surface area contributed by atoms with Crippen molar-refractivity contribution in [1.29, 1.82) is 0 Å². The first kappa shape index (κ1) is 21.6. The third kappa shape index (κ3) is 3.58. The van der Waals surface area contributed by atoms with Crippen LogP contribution in [0.3, 0.4) is 0 Å². The van der Waals surface area contributed by atoms with Crippen molar-refractivity contribution in [3.8, 4) is 16.2 Å². The van der Waals surface area contributed by atoms with E-state index in [1.54, 1.807) is 0 Å². The Balaban J connectivity index is 1.99. The first-order chi connectivity index (χ1) is 13.2. The summed E-state index contributed by atoms with van der Waals surface area (Å²) in [5.41, 5.74) is 2.56. The Hall–Kier alpha value is -1.14. The molecule has 0 N–H and O–H groups in total. The average Bonchev–Trinajstić information content (AvgIpc) is 2.90. The molecule has 3 aromatic rings. The summed E-state index contributed by atoms with van der Waals surface area (Å²) in [6.07, 6.45) is 0. The summed E-state index contributed by atoms with van der Waals surface area (Å²) in [6, 6.07) is 16.0. The second-order valence-corrected chi connectivity index (χ2v) is 15.9. The Bertz CT molecular complexity index is 900. The van der Waals surface area contributed by atoms with Gasteiger partial charge in [-0.25, -0.2) is 0 Å². The molecule has 3 rings (SSSR count). The highest BCUT2D eigenvalue weighted by Gasteiger charge is 2.47. The van der Waals surface area contributed by atoms with Crippen LogP contribution in [0, 0.1) is 0 Å². The van der Waals surface area contributed by atoms with Crippen LogP contribution < -0.4 is 4.43 Å². The zero-order valence-electron chi connectivity index (χ0n) is 17.5. The standard InChI is InChI=1S/C23H29BrO2SSi/c1-15(2)28(16(3)4,17(5)6)26-19-13-11-18(12-14-19)23-22(24)20-9-7-8-10-21(20)27(23)25/h7-17H,1-6H3. The third-order valence-corrected chi connectivity index (χ3v) is 14.5. The largest absolute Gasteiger partial charge is 0.590 e. The predicted octanol–water partition coefficient (Wildman–Crippen LogP) is 8.55. The summed E-state index contributed by atoms with van der Waals surface area (Å²) < 4.78 is 21.5. The third-order valence-electron chi connectivity index (χ3n) is 5.83. The van der Waals surface area contributed by atoms with Crippen LogP contribution >= 0.6 is 26.7 Å². The second-order valence-electron chi connectivity index (χ2n) is 8.35. The minimum Gasteiger partial charge on any atom is -0.590 e. The van der Waals surface area contributed by atoms with Crippen molar-refractivity contribution in [3.63, 3.8) is 0 Å². The monoisotopic (exact) mass is 476 g/mol. The first-order valence-electron chi connectivity index (χ1n) is 9.90.